The van der Waals surface area contributed by atoms with Gasteiger partial charge in [0, 0.05) is 26.2 Å². The van der Waals surface area contributed by atoms with E-state index in [-0.39, 0.29) is 13.2 Å². The van der Waals surface area contributed by atoms with Crippen LogP contribution in [0.15, 0.2) is 0 Å². The molecule has 5 nitrogen and oxygen atoms in total. The summed E-state index contributed by atoms with van der Waals surface area (Å²) < 4.78 is 0. The fourth-order valence-electron chi connectivity index (χ4n) is 1.30. The van der Waals surface area contributed by atoms with Crippen LogP contribution in [-0.2, 0) is 0 Å². The number of likely N-dealkylation sites (N-methyl/N-ethyl adjacent to an activating group) is 2. The molecule has 0 saturated heterocycles. The van der Waals surface area contributed by atoms with Gasteiger partial charge < -0.3 is 25.1 Å². The first kappa shape index (κ1) is 13.8. The van der Waals surface area contributed by atoms with Gasteiger partial charge in [0.2, 0.25) is 0 Å². The van der Waals surface area contributed by atoms with Gasteiger partial charge in [-0.15, -0.1) is 0 Å². The van der Waals surface area contributed by atoms with Gasteiger partial charge in [-0.05, 0) is 14.1 Å². The van der Waals surface area contributed by atoms with Gasteiger partial charge in [0.15, 0.2) is 0 Å². The summed E-state index contributed by atoms with van der Waals surface area (Å²) >= 11 is 0. The van der Waals surface area contributed by atoms with Crippen molar-refractivity contribution < 1.29 is 15.3 Å². The molecule has 0 aliphatic heterocycles. The highest BCUT2D eigenvalue weighted by Gasteiger charge is 2.10. The Morgan fingerprint density at radius 1 is 0.929 bits per heavy atom. The smallest absolute Gasteiger partial charge is 0.0793 e. The molecule has 0 unspecified atom stereocenters. The van der Waals surface area contributed by atoms with Gasteiger partial charge in [-0.3, -0.25) is 0 Å². The zero-order chi connectivity index (χ0) is 11.0. The Balaban J connectivity index is 3.57. The van der Waals surface area contributed by atoms with Gasteiger partial charge in [0.25, 0.3) is 0 Å². The standard InChI is InChI=1S/C9H22N2O3/c1-10(3-5-12)7-9(14)8-11(2)4-6-13/h9,12-14H,3-8H2,1-2H3. The van der Waals surface area contributed by atoms with Crippen LogP contribution in [0.5, 0.6) is 0 Å². The van der Waals surface area contributed by atoms with Gasteiger partial charge in [-0.1, -0.05) is 0 Å². The molecule has 0 rings (SSSR count). The predicted octanol–water partition coefficient (Wildman–Crippen LogP) is -1.80. The van der Waals surface area contributed by atoms with E-state index in [1.807, 2.05) is 23.9 Å². The molecule has 0 heterocycles. The summed E-state index contributed by atoms with van der Waals surface area (Å²) in [7, 11) is 3.71. The molecular formula is C9H22N2O3. The van der Waals surface area contributed by atoms with Gasteiger partial charge in [0.1, 0.15) is 0 Å². The Morgan fingerprint density at radius 3 is 1.57 bits per heavy atom. The third-order valence-electron chi connectivity index (χ3n) is 2.01. The molecule has 0 bridgehead atoms. The topological polar surface area (TPSA) is 67.2 Å². The van der Waals surface area contributed by atoms with E-state index in [0.717, 1.165) is 0 Å². The Labute approximate surface area is 85.6 Å². The number of aliphatic hydroxyl groups excluding tert-OH is 3. The van der Waals surface area contributed by atoms with Crippen LogP contribution in [-0.4, -0.2) is 84.7 Å². The molecule has 0 aromatic heterocycles. The quantitative estimate of drug-likeness (QED) is 0.437. The van der Waals surface area contributed by atoms with Crippen LogP contribution in [0.4, 0.5) is 0 Å². The summed E-state index contributed by atoms with van der Waals surface area (Å²) in [6.45, 7) is 2.43. The fourth-order valence-corrected chi connectivity index (χ4v) is 1.30. The molecule has 0 radical (unpaired) electrons. The molecule has 0 spiro atoms. The van der Waals surface area contributed by atoms with Crippen molar-refractivity contribution in [3.8, 4) is 0 Å². The lowest BCUT2D eigenvalue weighted by Crippen LogP contribution is -2.39. The molecule has 0 aliphatic carbocycles. The van der Waals surface area contributed by atoms with E-state index in [1.165, 1.54) is 0 Å². The van der Waals surface area contributed by atoms with Crippen LogP contribution in [0.25, 0.3) is 0 Å². The van der Waals surface area contributed by atoms with Crippen molar-refractivity contribution in [3.05, 3.63) is 0 Å². The molecule has 0 amide bonds. The Hall–Kier alpha value is -0.200. The maximum atomic E-state index is 9.60. The zero-order valence-electron chi connectivity index (χ0n) is 9.06. The molecule has 3 N–H and O–H groups in total. The first-order valence-corrected chi connectivity index (χ1v) is 4.87. The van der Waals surface area contributed by atoms with E-state index in [1.54, 1.807) is 0 Å². The van der Waals surface area contributed by atoms with Crippen LogP contribution in [0.2, 0.25) is 0 Å². The lowest BCUT2D eigenvalue weighted by atomic mass is 10.3. The Morgan fingerprint density at radius 2 is 1.29 bits per heavy atom. The lowest BCUT2D eigenvalue weighted by molar-refractivity contribution is 0.0790. The molecule has 5 heteroatoms. The van der Waals surface area contributed by atoms with Crippen molar-refractivity contribution in [3.63, 3.8) is 0 Å². The summed E-state index contributed by atoms with van der Waals surface area (Å²) in [5.41, 5.74) is 0. The Kier molecular flexibility index (Phi) is 8.02. The van der Waals surface area contributed by atoms with Gasteiger partial charge in [-0.2, -0.15) is 0 Å². The first-order valence-electron chi connectivity index (χ1n) is 4.87. The van der Waals surface area contributed by atoms with Gasteiger partial charge in [-0.25, -0.2) is 0 Å². The molecule has 0 saturated carbocycles. The second kappa shape index (κ2) is 8.14. The summed E-state index contributed by atoms with van der Waals surface area (Å²) in [6, 6.07) is 0. The molecule has 0 aromatic rings. The van der Waals surface area contributed by atoms with Crippen LogP contribution in [0.1, 0.15) is 0 Å². The third-order valence-corrected chi connectivity index (χ3v) is 2.01. The molecule has 0 fully saturated rings. The number of hydrogen-bond donors (Lipinski definition) is 3. The van der Waals surface area contributed by atoms with E-state index >= 15 is 0 Å². The van der Waals surface area contributed by atoms with E-state index in [9.17, 15) is 5.11 Å². The van der Waals surface area contributed by atoms with Crippen molar-refractivity contribution in [1.82, 2.24) is 9.80 Å². The average Bonchev–Trinajstić information content (AvgIpc) is 2.03. The van der Waals surface area contributed by atoms with Crippen molar-refractivity contribution in [2.75, 3.05) is 53.5 Å². The number of hydrogen-bond acceptors (Lipinski definition) is 5. The maximum Gasteiger partial charge on any atom is 0.0793 e. The summed E-state index contributed by atoms with van der Waals surface area (Å²) in [5.74, 6) is 0. The molecule has 14 heavy (non-hydrogen) atoms. The van der Waals surface area contributed by atoms with E-state index in [0.29, 0.717) is 26.2 Å². The van der Waals surface area contributed by atoms with Crippen molar-refractivity contribution >= 4 is 0 Å². The second-order valence-electron chi connectivity index (χ2n) is 3.63. The molecule has 0 aliphatic rings. The second-order valence-corrected chi connectivity index (χ2v) is 3.63. The van der Waals surface area contributed by atoms with Crippen LogP contribution in [0.3, 0.4) is 0 Å². The predicted molar refractivity (Wildman–Crippen MR) is 55.2 cm³/mol. The number of nitrogens with zero attached hydrogens (tertiary/aromatic N) is 2. The van der Waals surface area contributed by atoms with E-state index in [4.69, 9.17) is 10.2 Å². The number of aliphatic hydroxyl groups is 3. The maximum absolute atomic E-state index is 9.60. The fraction of sp³-hybridized carbons (Fsp3) is 1.00. The summed E-state index contributed by atoms with van der Waals surface area (Å²) in [5, 5.41) is 26.9. The zero-order valence-corrected chi connectivity index (χ0v) is 9.06. The minimum absolute atomic E-state index is 0.107. The Bertz CT molecular complexity index is 121. The van der Waals surface area contributed by atoms with Gasteiger partial charge >= 0.3 is 0 Å². The number of rotatable bonds is 8. The summed E-state index contributed by atoms with van der Waals surface area (Å²) in [6.07, 6.45) is -0.442. The SMILES string of the molecule is CN(CCO)CC(O)CN(C)CCO. The van der Waals surface area contributed by atoms with Crippen LogP contribution >= 0.6 is 0 Å². The largest absolute Gasteiger partial charge is 0.395 e. The molecular weight excluding hydrogens is 184 g/mol. The molecule has 0 atom stereocenters. The highest BCUT2D eigenvalue weighted by atomic mass is 16.3. The van der Waals surface area contributed by atoms with Crippen molar-refractivity contribution in [2.24, 2.45) is 0 Å². The molecule has 86 valence electrons. The van der Waals surface area contributed by atoms with Crippen molar-refractivity contribution in [2.45, 2.75) is 6.10 Å². The van der Waals surface area contributed by atoms with Crippen LogP contribution < -0.4 is 0 Å². The normalized spacial score (nSPS) is 12.0. The highest BCUT2D eigenvalue weighted by Crippen LogP contribution is 1.92. The average molecular weight is 206 g/mol. The van der Waals surface area contributed by atoms with Crippen LogP contribution in [0, 0.1) is 0 Å². The minimum atomic E-state index is -0.442. The van der Waals surface area contributed by atoms with Crippen molar-refractivity contribution in [1.29, 1.82) is 0 Å². The monoisotopic (exact) mass is 206 g/mol. The first-order chi connectivity index (χ1) is 6.60. The highest BCUT2D eigenvalue weighted by molar-refractivity contribution is 4.65. The molecule has 0 aromatic carbocycles. The van der Waals surface area contributed by atoms with E-state index in [2.05, 4.69) is 0 Å². The lowest BCUT2D eigenvalue weighted by Gasteiger charge is -2.23. The summed E-state index contributed by atoms with van der Waals surface area (Å²) in [4.78, 5) is 3.74. The minimum Gasteiger partial charge on any atom is -0.395 e. The third kappa shape index (κ3) is 7.23. The van der Waals surface area contributed by atoms with E-state index < -0.39 is 6.10 Å². The van der Waals surface area contributed by atoms with Gasteiger partial charge in [0.05, 0.1) is 19.3 Å².